The van der Waals surface area contributed by atoms with Crippen LogP contribution < -0.4 is 0 Å². The second-order valence-corrected chi connectivity index (χ2v) is 6.08. The Balaban J connectivity index is 2.38. The Morgan fingerprint density at radius 1 is 1.27 bits per heavy atom. The van der Waals surface area contributed by atoms with Gasteiger partial charge in [0, 0.05) is 12.4 Å². The molecule has 1 fully saturated rings. The van der Waals surface area contributed by atoms with E-state index in [-0.39, 0.29) is 16.9 Å². The molecular weight excluding hydrogens is 353 g/mol. The summed E-state index contributed by atoms with van der Waals surface area (Å²) in [6.07, 6.45) is -3.20. The van der Waals surface area contributed by atoms with Crippen LogP contribution in [-0.2, 0) is 11.0 Å². The Labute approximate surface area is 146 Å². The quantitative estimate of drug-likeness (QED) is 0.836. The van der Waals surface area contributed by atoms with E-state index in [0.29, 0.717) is 5.56 Å². The number of hydrogen-bond donors (Lipinski definition) is 1. The van der Waals surface area contributed by atoms with Crippen LogP contribution in [0.25, 0.3) is 10.9 Å². The van der Waals surface area contributed by atoms with E-state index in [0.717, 1.165) is 30.0 Å². The van der Waals surface area contributed by atoms with E-state index in [1.165, 1.54) is 20.2 Å². The zero-order valence-electron chi connectivity index (χ0n) is 13.9. The van der Waals surface area contributed by atoms with Crippen LogP contribution in [0.1, 0.15) is 50.7 Å². The highest BCUT2D eigenvalue weighted by Crippen LogP contribution is 2.44. The number of amides is 1. The van der Waals surface area contributed by atoms with Gasteiger partial charge in [-0.15, -0.1) is 0 Å². The Morgan fingerprint density at radius 3 is 2.42 bits per heavy atom. The number of carbonyl (C=O) groups is 2. The third-order valence-electron chi connectivity index (χ3n) is 4.30. The van der Waals surface area contributed by atoms with Crippen LogP contribution in [0.3, 0.4) is 0 Å². The molecule has 3 rings (SSSR count). The predicted molar refractivity (Wildman–Crippen MR) is 84.8 cm³/mol. The lowest BCUT2D eigenvalue weighted by Crippen LogP contribution is -2.26. The van der Waals surface area contributed by atoms with Gasteiger partial charge in [-0.05, 0) is 42.5 Å². The molecule has 1 heterocycles. The Hall–Kier alpha value is -2.68. The van der Waals surface area contributed by atoms with Gasteiger partial charge in [-0.2, -0.15) is 13.2 Å². The van der Waals surface area contributed by atoms with Crippen molar-refractivity contribution in [3.8, 4) is 0 Å². The fraction of sp³-hybridized carbons (Fsp3) is 0.353. The van der Waals surface area contributed by atoms with E-state index in [9.17, 15) is 27.9 Å². The normalized spacial score (nSPS) is 14.5. The van der Waals surface area contributed by atoms with Gasteiger partial charge in [-0.25, -0.2) is 14.8 Å². The number of rotatable bonds is 4. The third kappa shape index (κ3) is 3.22. The number of carboxylic acid groups (broad SMARTS) is 1. The molecule has 0 spiro atoms. The molecule has 2 aromatic rings. The van der Waals surface area contributed by atoms with Gasteiger partial charge in [0.15, 0.2) is 0 Å². The second-order valence-electron chi connectivity index (χ2n) is 6.08. The molecule has 1 N–H and O–H groups in total. The maximum Gasteiger partial charge on any atom is 0.418 e. The number of pyridine rings is 1. The van der Waals surface area contributed by atoms with Crippen LogP contribution in [0.2, 0.25) is 0 Å². The van der Waals surface area contributed by atoms with Gasteiger partial charge in [0.05, 0.1) is 23.8 Å². The maximum absolute atomic E-state index is 13.6. The van der Waals surface area contributed by atoms with Crippen LogP contribution >= 0.6 is 0 Å². The van der Waals surface area contributed by atoms with Crippen LogP contribution in [0.15, 0.2) is 18.2 Å². The lowest BCUT2D eigenvalue weighted by molar-refractivity contribution is -0.136. The summed E-state index contributed by atoms with van der Waals surface area (Å²) >= 11 is 0. The average molecular weight is 368 g/mol. The number of benzene rings is 1. The van der Waals surface area contributed by atoms with E-state index in [1.807, 2.05) is 0 Å². The third-order valence-corrected chi connectivity index (χ3v) is 4.30. The summed E-state index contributed by atoms with van der Waals surface area (Å²) in [6, 6.07) is 3.45. The molecule has 1 aromatic heterocycles. The van der Waals surface area contributed by atoms with Gasteiger partial charge < -0.3 is 5.11 Å². The zero-order chi connectivity index (χ0) is 19.2. The molecule has 0 bridgehead atoms. The molecule has 1 aromatic carbocycles. The predicted octanol–water partition coefficient (Wildman–Crippen LogP) is 3.46. The minimum Gasteiger partial charge on any atom is -0.477 e. The van der Waals surface area contributed by atoms with Crippen molar-refractivity contribution in [2.45, 2.75) is 24.9 Å². The number of aromatic nitrogens is 1. The topological polar surface area (TPSA) is 79.7 Å². The summed E-state index contributed by atoms with van der Waals surface area (Å²) in [7, 11) is 2.50. The van der Waals surface area contributed by atoms with E-state index in [1.54, 1.807) is 0 Å². The monoisotopic (exact) mass is 368 g/mol. The number of alkyl halides is 3. The molecule has 0 aliphatic heterocycles. The number of nitrogens with zero attached hydrogens (tertiary/aromatic N) is 2. The summed E-state index contributed by atoms with van der Waals surface area (Å²) in [5.74, 6) is -2.29. The van der Waals surface area contributed by atoms with Gasteiger partial charge in [0.1, 0.15) is 5.69 Å². The van der Waals surface area contributed by atoms with Crippen molar-refractivity contribution in [1.29, 1.82) is 0 Å². The highest BCUT2D eigenvalue weighted by molar-refractivity contribution is 6.08. The minimum atomic E-state index is -4.74. The van der Waals surface area contributed by atoms with Gasteiger partial charge in [0.2, 0.25) is 0 Å². The van der Waals surface area contributed by atoms with Gasteiger partial charge >= 0.3 is 12.1 Å². The molecule has 1 aliphatic carbocycles. The van der Waals surface area contributed by atoms with Crippen molar-refractivity contribution in [3.05, 3.63) is 40.6 Å². The van der Waals surface area contributed by atoms with Crippen molar-refractivity contribution < 1.29 is 32.7 Å². The second kappa shape index (κ2) is 6.24. The van der Waals surface area contributed by atoms with E-state index < -0.39 is 34.8 Å². The molecule has 138 valence electrons. The van der Waals surface area contributed by atoms with Crippen molar-refractivity contribution in [2.75, 3.05) is 14.2 Å². The zero-order valence-corrected chi connectivity index (χ0v) is 13.9. The Kier molecular flexibility index (Phi) is 4.35. The molecule has 9 heteroatoms. The standard InChI is InChI=1S/C17H15F3N2O4/c1-22(26-2)15(23)11-7-13(16(24)25)21-14-10(11)5-9(8-3-4-8)6-12(14)17(18,19)20/h5-8H,3-4H2,1-2H3,(H,24,25). The highest BCUT2D eigenvalue weighted by atomic mass is 19.4. The maximum atomic E-state index is 13.6. The molecule has 1 saturated carbocycles. The number of aromatic carboxylic acids is 1. The van der Waals surface area contributed by atoms with Crippen LogP contribution in [0.5, 0.6) is 0 Å². The number of hydrogen-bond acceptors (Lipinski definition) is 4. The molecule has 0 atom stereocenters. The van der Waals surface area contributed by atoms with Crippen molar-refractivity contribution >= 4 is 22.8 Å². The SMILES string of the molecule is CON(C)C(=O)c1cc(C(=O)O)nc2c(C(F)(F)F)cc(C3CC3)cc12. The molecular formula is C17H15F3N2O4. The lowest BCUT2D eigenvalue weighted by atomic mass is 9.97. The number of hydroxylamine groups is 2. The van der Waals surface area contributed by atoms with Crippen LogP contribution in [0.4, 0.5) is 13.2 Å². The fourth-order valence-electron chi connectivity index (χ4n) is 2.76. The fourth-order valence-corrected chi connectivity index (χ4v) is 2.76. The molecule has 0 saturated heterocycles. The highest BCUT2D eigenvalue weighted by Gasteiger charge is 2.37. The van der Waals surface area contributed by atoms with Gasteiger partial charge in [-0.3, -0.25) is 9.63 Å². The van der Waals surface area contributed by atoms with Crippen molar-refractivity contribution in [3.63, 3.8) is 0 Å². The smallest absolute Gasteiger partial charge is 0.418 e. The van der Waals surface area contributed by atoms with Crippen molar-refractivity contribution in [2.24, 2.45) is 0 Å². The Bertz CT molecular complexity index is 907. The molecule has 6 nitrogen and oxygen atoms in total. The molecule has 1 aliphatic rings. The average Bonchev–Trinajstić information content (AvgIpc) is 3.42. The summed E-state index contributed by atoms with van der Waals surface area (Å²) < 4.78 is 40.7. The first-order valence-electron chi connectivity index (χ1n) is 7.74. The van der Waals surface area contributed by atoms with Gasteiger partial charge in [0.25, 0.3) is 5.91 Å². The summed E-state index contributed by atoms with van der Waals surface area (Å²) in [5.41, 5.74) is -1.99. The molecule has 0 radical (unpaired) electrons. The first-order valence-corrected chi connectivity index (χ1v) is 7.74. The van der Waals surface area contributed by atoms with Crippen LogP contribution in [-0.4, -0.2) is 41.2 Å². The number of halogens is 3. The molecule has 0 unspecified atom stereocenters. The van der Waals surface area contributed by atoms with E-state index in [4.69, 9.17) is 4.84 Å². The van der Waals surface area contributed by atoms with E-state index in [2.05, 4.69) is 4.98 Å². The molecule has 26 heavy (non-hydrogen) atoms. The summed E-state index contributed by atoms with van der Waals surface area (Å²) in [5, 5.41) is 9.97. The molecule has 1 amide bonds. The minimum absolute atomic E-state index is 0.00255. The number of fused-ring (bicyclic) bond motifs is 1. The van der Waals surface area contributed by atoms with Crippen molar-refractivity contribution in [1.82, 2.24) is 10.0 Å². The van der Waals surface area contributed by atoms with E-state index >= 15 is 0 Å². The first-order chi connectivity index (χ1) is 12.1. The van der Waals surface area contributed by atoms with Gasteiger partial charge in [-0.1, -0.05) is 0 Å². The first kappa shape index (κ1) is 18.1. The Morgan fingerprint density at radius 2 is 1.92 bits per heavy atom. The number of carbonyl (C=O) groups excluding carboxylic acids is 1. The summed E-state index contributed by atoms with van der Waals surface area (Å²) in [6.45, 7) is 0. The number of carboxylic acids is 1. The lowest BCUT2D eigenvalue weighted by Gasteiger charge is -2.18. The largest absolute Gasteiger partial charge is 0.477 e. The van der Waals surface area contributed by atoms with Crippen LogP contribution in [0, 0.1) is 0 Å². The summed E-state index contributed by atoms with van der Waals surface area (Å²) in [4.78, 5) is 32.3.